The van der Waals surface area contributed by atoms with E-state index in [1.807, 2.05) is 6.07 Å². The molecule has 0 saturated heterocycles. The molecule has 1 heteroatoms. The Balaban J connectivity index is 2.57. The van der Waals surface area contributed by atoms with Gasteiger partial charge in [-0.25, -0.2) is 0 Å². The summed E-state index contributed by atoms with van der Waals surface area (Å²) in [6.45, 7) is 4.31. The molecule has 0 aromatic heterocycles. The molecule has 0 N–H and O–H groups in total. The van der Waals surface area contributed by atoms with E-state index in [1.54, 1.807) is 0 Å². The molecule has 0 atom stereocenters. The van der Waals surface area contributed by atoms with Gasteiger partial charge in [0.2, 0.25) is 0 Å². The molecule has 0 bridgehead atoms. The SMILES string of the molecule is CCc1cc(-c2ccccc2)cc(CC)c1CC#N. The Morgan fingerprint density at radius 2 is 1.47 bits per heavy atom. The van der Waals surface area contributed by atoms with Crippen LogP contribution in [0.2, 0.25) is 0 Å². The third-order valence-corrected chi connectivity index (χ3v) is 3.56. The molecule has 0 aliphatic heterocycles. The van der Waals surface area contributed by atoms with E-state index in [-0.39, 0.29) is 0 Å². The van der Waals surface area contributed by atoms with E-state index in [4.69, 9.17) is 5.26 Å². The van der Waals surface area contributed by atoms with E-state index >= 15 is 0 Å². The molecule has 1 nitrogen and oxygen atoms in total. The zero-order valence-corrected chi connectivity index (χ0v) is 11.6. The van der Waals surface area contributed by atoms with E-state index in [1.165, 1.54) is 27.8 Å². The highest BCUT2D eigenvalue weighted by Crippen LogP contribution is 2.27. The average Bonchev–Trinajstić information content (AvgIpc) is 2.48. The lowest BCUT2D eigenvalue weighted by Gasteiger charge is -2.14. The van der Waals surface area contributed by atoms with Gasteiger partial charge in [-0.15, -0.1) is 0 Å². The molecule has 0 saturated carbocycles. The van der Waals surface area contributed by atoms with Crippen LogP contribution >= 0.6 is 0 Å². The second-order valence-electron chi connectivity index (χ2n) is 4.68. The first-order chi connectivity index (χ1) is 9.30. The van der Waals surface area contributed by atoms with Crippen molar-refractivity contribution in [2.45, 2.75) is 33.1 Å². The van der Waals surface area contributed by atoms with Gasteiger partial charge in [0.05, 0.1) is 12.5 Å². The van der Waals surface area contributed by atoms with Crippen molar-refractivity contribution in [2.75, 3.05) is 0 Å². The van der Waals surface area contributed by atoms with Crippen LogP contribution in [0, 0.1) is 11.3 Å². The van der Waals surface area contributed by atoms with Crippen LogP contribution in [0.5, 0.6) is 0 Å². The number of aryl methyl sites for hydroxylation is 2. The van der Waals surface area contributed by atoms with Crippen molar-refractivity contribution in [3.8, 4) is 17.2 Å². The monoisotopic (exact) mass is 249 g/mol. The summed E-state index contributed by atoms with van der Waals surface area (Å²) in [5.74, 6) is 0. The largest absolute Gasteiger partial charge is 0.198 e. The molecule has 0 fully saturated rings. The third kappa shape index (κ3) is 2.85. The van der Waals surface area contributed by atoms with Crippen molar-refractivity contribution in [1.82, 2.24) is 0 Å². The molecular weight excluding hydrogens is 230 g/mol. The summed E-state index contributed by atoms with van der Waals surface area (Å²) in [5.41, 5.74) is 6.35. The number of nitriles is 1. The number of rotatable bonds is 4. The van der Waals surface area contributed by atoms with Crippen LogP contribution in [0.3, 0.4) is 0 Å². The van der Waals surface area contributed by atoms with Gasteiger partial charge in [-0.05, 0) is 40.7 Å². The van der Waals surface area contributed by atoms with Gasteiger partial charge in [0, 0.05) is 0 Å². The number of benzene rings is 2. The maximum absolute atomic E-state index is 9.00. The summed E-state index contributed by atoms with van der Waals surface area (Å²) in [6.07, 6.45) is 2.47. The second-order valence-corrected chi connectivity index (χ2v) is 4.68. The van der Waals surface area contributed by atoms with E-state index < -0.39 is 0 Å². The van der Waals surface area contributed by atoms with E-state index in [9.17, 15) is 0 Å². The zero-order valence-electron chi connectivity index (χ0n) is 11.6. The molecule has 0 heterocycles. The van der Waals surface area contributed by atoms with Crippen molar-refractivity contribution in [1.29, 1.82) is 5.26 Å². The maximum Gasteiger partial charge on any atom is 0.0669 e. The molecule has 2 aromatic rings. The Kier molecular flexibility index (Phi) is 4.36. The molecule has 2 aromatic carbocycles. The third-order valence-electron chi connectivity index (χ3n) is 3.56. The minimum Gasteiger partial charge on any atom is -0.198 e. The lowest BCUT2D eigenvalue weighted by Crippen LogP contribution is -1.99. The van der Waals surface area contributed by atoms with Crippen molar-refractivity contribution >= 4 is 0 Å². The molecule has 19 heavy (non-hydrogen) atoms. The smallest absolute Gasteiger partial charge is 0.0669 e. The highest BCUT2D eigenvalue weighted by atomic mass is 14.2. The van der Waals surface area contributed by atoms with Crippen LogP contribution < -0.4 is 0 Å². The molecule has 0 amide bonds. The Labute approximate surface area is 115 Å². The normalized spacial score (nSPS) is 10.2. The van der Waals surface area contributed by atoms with Crippen LogP contribution in [0.1, 0.15) is 30.5 Å². The van der Waals surface area contributed by atoms with Gasteiger partial charge in [0.25, 0.3) is 0 Å². The first kappa shape index (κ1) is 13.4. The summed E-state index contributed by atoms with van der Waals surface area (Å²) in [7, 11) is 0. The first-order valence-corrected chi connectivity index (χ1v) is 6.87. The van der Waals surface area contributed by atoms with Crippen molar-refractivity contribution < 1.29 is 0 Å². The van der Waals surface area contributed by atoms with E-state index in [2.05, 4.69) is 56.3 Å². The fraction of sp³-hybridized carbons (Fsp3) is 0.278. The summed E-state index contributed by atoms with van der Waals surface area (Å²) in [6, 6.07) is 17.2. The van der Waals surface area contributed by atoms with Crippen LogP contribution in [0.15, 0.2) is 42.5 Å². The standard InChI is InChI=1S/C18H19N/c1-3-14-12-17(16-8-6-5-7-9-16)13-15(4-2)18(14)10-11-19/h5-9,12-13H,3-4,10H2,1-2H3. The van der Waals surface area contributed by atoms with E-state index in [0.29, 0.717) is 6.42 Å². The molecular formula is C18H19N. The van der Waals surface area contributed by atoms with Crippen LogP contribution in [-0.2, 0) is 19.3 Å². The number of hydrogen-bond donors (Lipinski definition) is 0. The second kappa shape index (κ2) is 6.20. The molecule has 0 aliphatic rings. The summed E-state index contributed by atoms with van der Waals surface area (Å²) in [5, 5.41) is 9.00. The van der Waals surface area contributed by atoms with Crippen LogP contribution in [0.4, 0.5) is 0 Å². The topological polar surface area (TPSA) is 23.8 Å². The minimum absolute atomic E-state index is 0.515. The van der Waals surface area contributed by atoms with Gasteiger partial charge < -0.3 is 0 Å². The fourth-order valence-electron chi connectivity index (χ4n) is 2.53. The highest BCUT2D eigenvalue weighted by molar-refractivity contribution is 5.66. The zero-order chi connectivity index (χ0) is 13.7. The van der Waals surface area contributed by atoms with Crippen molar-refractivity contribution in [2.24, 2.45) is 0 Å². The Morgan fingerprint density at radius 3 is 1.95 bits per heavy atom. The first-order valence-electron chi connectivity index (χ1n) is 6.87. The fourth-order valence-corrected chi connectivity index (χ4v) is 2.53. The number of hydrogen-bond acceptors (Lipinski definition) is 1. The van der Waals surface area contributed by atoms with Gasteiger partial charge >= 0.3 is 0 Å². The highest BCUT2D eigenvalue weighted by Gasteiger charge is 2.09. The van der Waals surface area contributed by atoms with E-state index in [0.717, 1.165) is 12.8 Å². The summed E-state index contributed by atoms with van der Waals surface area (Å²) in [4.78, 5) is 0. The number of nitrogens with zero attached hydrogens (tertiary/aromatic N) is 1. The lowest BCUT2D eigenvalue weighted by molar-refractivity contribution is 1.02. The van der Waals surface area contributed by atoms with Crippen molar-refractivity contribution in [3.05, 3.63) is 59.2 Å². The predicted octanol–water partition coefficient (Wildman–Crippen LogP) is 4.54. The van der Waals surface area contributed by atoms with Crippen LogP contribution in [-0.4, -0.2) is 0 Å². The summed E-state index contributed by atoms with van der Waals surface area (Å²) >= 11 is 0. The Hall–Kier alpha value is -2.07. The quantitative estimate of drug-likeness (QED) is 0.780. The van der Waals surface area contributed by atoms with Gasteiger partial charge in [-0.3, -0.25) is 0 Å². The Bertz CT molecular complexity index is 566. The molecule has 2 rings (SSSR count). The predicted molar refractivity (Wildman–Crippen MR) is 80.0 cm³/mol. The molecule has 0 unspecified atom stereocenters. The minimum atomic E-state index is 0.515. The van der Waals surface area contributed by atoms with Crippen LogP contribution in [0.25, 0.3) is 11.1 Å². The average molecular weight is 249 g/mol. The van der Waals surface area contributed by atoms with Crippen molar-refractivity contribution in [3.63, 3.8) is 0 Å². The van der Waals surface area contributed by atoms with Gasteiger partial charge in [0.15, 0.2) is 0 Å². The molecule has 0 radical (unpaired) electrons. The molecule has 0 spiro atoms. The lowest BCUT2D eigenvalue weighted by atomic mass is 9.90. The van der Waals surface area contributed by atoms with Gasteiger partial charge in [-0.1, -0.05) is 56.3 Å². The summed E-state index contributed by atoms with van der Waals surface area (Å²) < 4.78 is 0. The molecule has 96 valence electrons. The molecule has 0 aliphatic carbocycles. The van der Waals surface area contributed by atoms with Gasteiger partial charge in [0.1, 0.15) is 0 Å². The Morgan fingerprint density at radius 1 is 0.895 bits per heavy atom. The van der Waals surface area contributed by atoms with Gasteiger partial charge in [-0.2, -0.15) is 5.26 Å². The maximum atomic E-state index is 9.00.